The maximum absolute atomic E-state index is 4.46. The van der Waals surface area contributed by atoms with Crippen LogP contribution < -0.4 is 0 Å². The summed E-state index contributed by atoms with van der Waals surface area (Å²) in [5.74, 6) is 0. The molecule has 0 fully saturated rings. The van der Waals surface area contributed by atoms with Gasteiger partial charge in [0.25, 0.3) is 0 Å². The van der Waals surface area contributed by atoms with Crippen molar-refractivity contribution in [3.05, 3.63) is 48.7 Å². The first-order valence-corrected chi connectivity index (χ1v) is 5.50. The van der Waals surface area contributed by atoms with Gasteiger partial charge in [0.2, 0.25) is 0 Å². The van der Waals surface area contributed by atoms with Crippen LogP contribution in [-0.4, -0.2) is 13.9 Å². The van der Waals surface area contributed by atoms with Crippen LogP contribution in [0, 0.1) is 0 Å². The van der Waals surface area contributed by atoms with Crippen LogP contribution >= 0.6 is 23.9 Å². The highest BCUT2D eigenvalue weighted by molar-refractivity contribution is 7.13. The lowest BCUT2D eigenvalue weighted by Crippen LogP contribution is -1.96. The molecule has 0 saturated heterocycles. The van der Waals surface area contributed by atoms with Crippen LogP contribution in [0.15, 0.2) is 43.0 Å². The number of fused-ring (bicyclic) bond motifs is 1. The molecule has 0 aliphatic carbocycles. The highest BCUT2D eigenvalue weighted by Gasteiger charge is 2.04. The number of aromatic nitrogens is 3. The Bertz CT molecular complexity index is 574. The topological polar surface area (TPSA) is 30.7 Å². The molecule has 0 aliphatic heterocycles. The summed E-state index contributed by atoms with van der Waals surface area (Å²) >= 11 is 1.55. The van der Waals surface area contributed by atoms with Crippen LogP contribution in [0.2, 0.25) is 0 Å². The molecule has 0 bridgehead atoms. The van der Waals surface area contributed by atoms with E-state index in [1.54, 1.807) is 17.7 Å². The zero-order valence-corrected chi connectivity index (χ0v) is 10.0. The average Bonchev–Trinajstić information content (AvgIpc) is 2.89. The maximum Gasteiger partial charge on any atom is 0.0949 e. The molecule has 0 saturated carbocycles. The average molecular weight is 252 g/mol. The molecule has 0 radical (unpaired) electrons. The number of rotatable bonds is 2. The summed E-state index contributed by atoms with van der Waals surface area (Å²) in [4.78, 5) is 4.02. The molecule has 2 heterocycles. The van der Waals surface area contributed by atoms with Crippen LogP contribution in [0.3, 0.4) is 0 Å². The first-order chi connectivity index (χ1) is 7.43. The zero-order chi connectivity index (χ0) is 10.1. The quantitative estimate of drug-likeness (QED) is 0.701. The number of halogens is 1. The van der Waals surface area contributed by atoms with Gasteiger partial charge in [0.05, 0.1) is 23.3 Å². The van der Waals surface area contributed by atoms with Gasteiger partial charge in [-0.1, -0.05) is 18.2 Å². The van der Waals surface area contributed by atoms with Crippen molar-refractivity contribution in [1.29, 1.82) is 0 Å². The number of hydrogen-bond acceptors (Lipinski definition) is 3. The van der Waals surface area contributed by atoms with Crippen molar-refractivity contribution in [1.82, 2.24) is 13.9 Å². The molecule has 0 amide bonds. The molecule has 3 rings (SSSR count). The van der Waals surface area contributed by atoms with E-state index in [9.17, 15) is 0 Å². The fourth-order valence-corrected chi connectivity index (χ4v) is 2.39. The largest absolute Gasteiger partial charge is 0.331 e. The second-order valence-electron chi connectivity index (χ2n) is 3.36. The fraction of sp³-hybridized carbons (Fsp3) is 0.0909. The highest BCUT2D eigenvalue weighted by atomic mass is 35.5. The molecule has 16 heavy (non-hydrogen) atoms. The molecule has 3 nitrogen and oxygen atoms in total. The van der Waals surface area contributed by atoms with Gasteiger partial charge in [-0.2, -0.15) is 4.37 Å². The summed E-state index contributed by atoms with van der Waals surface area (Å²) in [6, 6.07) is 8.31. The van der Waals surface area contributed by atoms with Crippen molar-refractivity contribution in [2.45, 2.75) is 6.54 Å². The lowest BCUT2D eigenvalue weighted by molar-refractivity contribution is 0.788. The van der Waals surface area contributed by atoms with Gasteiger partial charge < -0.3 is 4.57 Å². The number of imidazole rings is 1. The van der Waals surface area contributed by atoms with Crippen LogP contribution in [0.5, 0.6) is 0 Å². The third kappa shape index (κ3) is 1.94. The van der Waals surface area contributed by atoms with Gasteiger partial charge in [0.15, 0.2) is 0 Å². The molecule has 0 atom stereocenters. The van der Waals surface area contributed by atoms with E-state index in [0.29, 0.717) is 0 Å². The summed E-state index contributed by atoms with van der Waals surface area (Å²) in [6.07, 6.45) is 5.55. The molecular weight excluding hydrogens is 242 g/mol. The minimum absolute atomic E-state index is 0. The van der Waals surface area contributed by atoms with Gasteiger partial charge in [0.1, 0.15) is 0 Å². The molecule has 82 valence electrons. The lowest BCUT2D eigenvalue weighted by atomic mass is 10.2. The SMILES string of the molecule is Cl.c1ccc2c(Cn3ccnc3)nsc2c1. The molecule has 1 aromatic carbocycles. The second kappa shape index (κ2) is 4.63. The van der Waals surface area contributed by atoms with E-state index in [1.807, 2.05) is 29.2 Å². The Kier molecular flexibility index (Phi) is 3.22. The second-order valence-corrected chi connectivity index (χ2v) is 4.17. The van der Waals surface area contributed by atoms with Crippen molar-refractivity contribution in [3.63, 3.8) is 0 Å². The smallest absolute Gasteiger partial charge is 0.0949 e. The first kappa shape index (κ1) is 11.1. The van der Waals surface area contributed by atoms with E-state index in [0.717, 1.165) is 12.2 Å². The predicted octanol–water partition coefficient (Wildman–Crippen LogP) is 2.96. The minimum atomic E-state index is 0. The van der Waals surface area contributed by atoms with Gasteiger partial charge in [-0.15, -0.1) is 12.4 Å². The summed E-state index contributed by atoms with van der Waals surface area (Å²) in [5, 5.41) is 1.25. The highest BCUT2D eigenvalue weighted by Crippen LogP contribution is 2.22. The molecule has 0 aliphatic rings. The van der Waals surface area contributed by atoms with E-state index in [-0.39, 0.29) is 12.4 Å². The van der Waals surface area contributed by atoms with Gasteiger partial charge >= 0.3 is 0 Å². The van der Waals surface area contributed by atoms with Crippen LogP contribution in [-0.2, 0) is 6.54 Å². The molecule has 3 aromatic rings. The van der Waals surface area contributed by atoms with Crippen LogP contribution in [0.25, 0.3) is 10.1 Å². The van der Waals surface area contributed by atoms with Gasteiger partial charge in [0, 0.05) is 17.8 Å². The first-order valence-electron chi connectivity index (χ1n) is 4.72. The van der Waals surface area contributed by atoms with Crippen LogP contribution in [0.1, 0.15) is 5.69 Å². The zero-order valence-electron chi connectivity index (χ0n) is 8.41. The van der Waals surface area contributed by atoms with Crippen molar-refractivity contribution < 1.29 is 0 Å². The Morgan fingerprint density at radius 1 is 1.25 bits per heavy atom. The van der Waals surface area contributed by atoms with Gasteiger partial charge in [-0.3, -0.25) is 0 Å². The summed E-state index contributed by atoms with van der Waals surface area (Å²) in [5.41, 5.74) is 1.12. The van der Waals surface area contributed by atoms with E-state index in [4.69, 9.17) is 0 Å². The fourth-order valence-electron chi connectivity index (χ4n) is 1.61. The molecule has 0 N–H and O–H groups in total. The molecule has 5 heteroatoms. The number of benzene rings is 1. The lowest BCUT2D eigenvalue weighted by Gasteiger charge is -1.98. The van der Waals surface area contributed by atoms with Crippen molar-refractivity contribution in [3.8, 4) is 0 Å². The Hall–Kier alpha value is -1.39. The normalized spacial score (nSPS) is 10.2. The molecule has 0 spiro atoms. The van der Waals surface area contributed by atoms with Crippen molar-refractivity contribution >= 4 is 34.0 Å². The Labute approximate surface area is 103 Å². The Morgan fingerprint density at radius 3 is 2.94 bits per heavy atom. The van der Waals surface area contributed by atoms with Gasteiger partial charge in [-0.05, 0) is 17.6 Å². The van der Waals surface area contributed by atoms with E-state index in [1.165, 1.54) is 10.1 Å². The Morgan fingerprint density at radius 2 is 2.12 bits per heavy atom. The number of nitrogens with zero attached hydrogens (tertiary/aromatic N) is 3. The van der Waals surface area contributed by atoms with E-state index in [2.05, 4.69) is 21.5 Å². The van der Waals surface area contributed by atoms with E-state index >= 15 is 0 Å². The maximum atomic E-state index is 4.46. The molecule has 0 unspecified atom stereocenters. The Balaban J connectivity index is 0.000000963. The summed E-state index contributed by atoms with van der Waals surface area (Å²) < 4.78 is 7.74. The summed E-state index contributed by atoms with van der Waals surface area (Å²) in [7, 11) is 0. The minimum Gasteiger partial charge on any atom is -0.331 e. The monoisotopic (exact) mass is 251 g/mol. The molecular formula is C11H10ClN3S. The predicted molar refractivity (Wildman–Crippen MR) is 68.2 cm³/mol. The van der Waals surface area contributed by atoms with Crippen molar-refractivity contribution in [2.24, 2.45) is 0 Å². The third-order valence-corrected chi connectivity index (χ3v) is 3.21. The molecule has 2 aromatic heterocycles. The summed E-state index contributed by atoms with van der Waals surface area (Å²) in [6.45, 7) is 0.796. The van der Waals surface area contributed by atoms with Crippen molar-refractivity contribution in [2.75, 3.05) is 0 Å². The van der Waals surface area contributed by atoms with Gasteiger partial charge in [-0.25, -0.2) is 4.98 Å². The number of hydrogen-bond donors (Lipinski definition) is 0. The third-order valence-electron chi connectivity index (χ3n) is 2.34. The standard InChI is InChI=1S/C11H9N3S.ClH/c1-2-4-11-9(3-1)10(13-15-11)7-14-6-5-12-8-14;/h1-6,8H,7H2;1H. The van der Waals surface area contributed by atoms with E-state index < -0.39 is 0 Å². The van der Waals surface area contributed by atoms with Crippen LogP contribution in [0.4, 0.5) is 0 Å².